The van der Waals surface area contributed by atoms with E-state index >= 15 is 0 Å². The summed E-state index contributed by atoms with van der Waals surface area (Å²) in [6.07, 6.45) is 1.32. The van der Waals surface area contributed by atoms with E-state index in [2.05, 4.69) is 4.99 Å². The van der Waals surface area contributed by atoms with Gasteiger partial charge in [-0.15, -0.1) is 0 Å². The van der Waals surface area contributed by atoms with Crippen LogP contribution in [0.4, 0.5) is 0 Å². The maximum absolute atomic E-state index is 10.7. The van der Waals surface area contributed by atoms with Crippen molar-refractivity contribution in [3.05, 3.63) is 23.7 Å². The van der Waals surface area contributed by atoms with Crippen molar-refractivity contribution in [1.82, 2.24) is 0 Å². The molecule has 0 fully saturated rings. The van der Waals surface area contributed by atoms with Crippen LogP contribution in [0.3, 0.4) is 0 Å². The minimum absolute atomic E-state index is 0.489. The van der Waals surface area contributed by atoms with Gasteiger partial charge in [-0.2, -0.15) is 0 Å². The quantitative estimate of drug-likeness (QED) is 0.594. The third kappa shape index (κ3) is 3.10. The first-order valence-corrected chi connectivity index (χ1v) is 5.72. The summed E-state index contributed by atoms with van der Waals surface area (Å²) in [4.78, 5) is 21.2. The molecule has 0 spiro atoms. The molecule has 1 aromatic rings. The lowest BCUT2D eigenvalue weighted by Gasteiger charge is -2.06. The van der Waals surface area contributed by atoms with Crippen LogP contribution >= 0.6 is 7.60 Å². The van der Waals surface area contributed by atoms with E-state index in [0.29, 0.717) is 5.76 Å². The number of hydrogen-bond acceptors (Lipinski definition) is 3. The van der Waals surface area contributed by atoms with Crippen LogP contribution in [0, 0.1) is 6.92 Å². The monoisotopic (exact) mass is 217 g/mol. The predicted octanol–water partition coefficient (Wildman–Crippen LogP) is 1.53. The summed E-state index contributed by atoms with van der Waals surface area (Å²) in [5.74, 6) is 0.186. The van der Waals surface area contributed by atoms with Gasteiger partial charge in [0.2, 0.25) is 0 Å². The number of rotatable bonds is 3. The van der Waals surface area contributed by atoms with Gasteiger partial charge < -0.3 is 14.2 Å². The molecule has 0 aliphatic rings. The van der Waals surface area contributed by atoms with Gasteiger partial charge in [-0.1, -0.05) is 0 Å². The average molecular weight is 217 g/mol. The molecule has 5 nitrogen and oxygen atoms in total. The van der Waals surface area contributed by atoms with Crippen molar-refractivity contribution in [2.45, 2.75) is 19.6 Å². The number of hydrogen-bond donors (Lipinski definition) is 2. The van der Waals surface area contributed by atoms with Crippen LogP contribution in [0.25, 0.3) is 0 Å². The molecular weight excluding hydrogens is 205 g/mol. The van der Waals surface area contributed by atoms with Gasteiger partial charge >= 0.3 is 7.60 Å². The van der Waals surface area contributed by atoms with Crippen LogP contribution in [-0.2, 0) is 4.57 Å². The fourth-order valence-electron chi connectivity index (χ4n) is 0.791. The van der Waals surface area contributed by atoms with Gasteiger partial charge in [0.1, 0.15) is 17.3 Å². The summed E-state index contributed by atoms with van der Waals surface area (Å²) in [5.41, 5.74) is 0. The molecule has 78 valence electrons. The molecule has 14 heavy (non-hydrogen) atoms. The van der Waals surface area contributed by atoms with E-state index in [9.17, 15) is 4.57 Å². The fourth-order valence-corrected chi connectivity index (χ4v) is 1.03. The Morgan fingerprint density at radius 2 is 2.21 bits per heavy atom. The maximum Gasteiger partial charge on any atom is 0.349 e. The summed E-state index contributed by atoms with van der Waals surface area (Å²) in [6, 6.07) is 3.44. The molecule has 0 unspecified atom stereocenters. The Bertz CT molecular complexity index is 378. The smallest absolute Gasteiger partial charge is 0.349 e. The zero-order valence-electron chi connectivity index (χ0n) is 7.91. The second-order valence-corrected chi connectivity index (χ2v) is 4.87. The number of aryl methyl sites for hydroxylation is 1. The van der Waals surface area contributed by atoms with Crippen molar-refractivity contribution in [1.29, 1.82) is 0 Å². The van der Waals surface area contributed by atoms with Gasteiger partial charge in [-0.05, 0) is 26.0 Å². The molecule has 1 aromatic heterocycles. The van der Waals surface area contributed by atoms with Crippen LogP contribution in [0.2, 0.25) is 0 Å². The van der Waals surface area contributed by atoms with E-state index in [1.165, 1.54) is 13.1 Å². The van der Waals surface area contributed by atoms with Crippen molar-refractivity contribution in [3.8, 4) is 0 Å². The maximum atomic E-state index is 10.7. The van der Waals surface area contributed by atoms with E-state index in [1.54, 1.807) is 19.1 Å². The lowest BCUT2D eigenvalue weighted by atomic mass is 10.4. The molecule has 1 heterocycles. The van der Waals surface area contributed by atoms with Gasteiger partial charge in [-0.25, -0.2) is 0 Å². The SMILES string of the molecule is Cc1ccc(/C=N/[C@@H](C)P(=O)(O)O)o1. The summed E-state index contributed by atoms with van der Waals surface area (Å²) in [6.45, 7) is 3.14. The highest BCUT2D eigenvalue weighted by atomic mass is 31.2. The van der Waals surface area contributed by atoms with Crippen LogP contribution in [0.15, 0.2) is 21.5 Å². The van der Waals surface area contributed by atoms with E-state index in [0.717, 1.165) is 5.76 Å². The third-order valence-electron chi connectivity index (χ3n) is 1.67. The molecule has 0 aliphatic carbocycles. The Morgan fingerprint density at radius 3 is 2.64 bits per heavy atom. The minimum Gasteiger partial charge on any atom is -0.460 e. The van der Waals surface area contributed by atoms with Crippen LogP contribution in [0.1, 0.15) is 18.4 Å². The Morgan fingerprint density at radius 1 is 1.57 bits per heavy atom. The molecule has 0 saturated carbocycles. The number of aliphatic imine (C=N–C) groups is 1. The van der Waals surface area contributed by atoms with Crippen molar-refractivity contribution in [2.24, 2.45) is 4.99 Å². The highest BCUT2D eigenvalue weighted by molar-refractivity contribution is 7.52. The lowest BCUT2D eigenvalue weighted by molar-refractivity contribution is 0.362. The summed E-state index contributed by atoms with van der Waals surface area (Å²) in [5, 5.41) is 0. The first-order valence-electron chi connectivity index (χ1n) is 4.04. The molecule has 1 rings (SSSR count). The Kier molecular flexibility index (Phi) is 3.26. The topological polar surface area (TPSA) is 83.0 Å². The highest BCUT2D eigenvalue weighted by Crippen LogP contribution is 2.41. The molecular formula is C8H12NO4P. The summed E-state index contributed by atoms with van der Waals surface area (Å²) < 4.78 is 15.9. The standard InChI is InChI=1S/C8H12NO4P/c1-6-3-4-8(13-6)5-9-7(2)14(10,11)12/h3-5,7H,1-2H3,(H2,10,11,12)/b9-5+/t7-/m1/s1. The number of nitrogens with zero attached hydrogens (tertiary/aromatic N) is 1. The largest absolute Gasteiger partial charge is 0.460 e. The number of furan rings is 1. The summed E-state index contributed by atoms with van der Waals surface area (Å²) in [7, 11) is -4.13. The average Bonchev–Trinajstić information content (AvgIpc) is 2.45. The first-order chi connectivity index (χ1) is 6.39. The highest BCUT2D eigenvalue weighted by Gasteiger charge is 2.22. The van der Waals surface area contributed by atoms with Gasteiger partial charge in [0.25, 0.3) is 0 Å². The molecule has 2 N–H and O–H groups in total. The molecule has 6 heteroatoms. The molecule has 0 aromatic carbocycles. The fraction of sp³-hybridized carbons (Fsp3) is 0.375. The molecule has 0 radical (unpaired) electrons. The van der Waals surface area contributed by atoms with Crippen molar-refractivity contribution < 1.29 is 18.8 Å². The molecule has 1 atom stereocenters. The van der Waals surface area contributed by atoms with E-state index in [-0.39, 0.29) is 0 Å². The first kappa shape index (κ1) is 11.2. The van der Waals surface area contributed by atoms with Crippen molar-refractivity contribution in [3.63, 3.8) is 0 Å². The van der Waals surface area contributed by atoms with Gasteiger partial charge in [0, 0.05) is 0 Å². The summed E-state index contributed by atoms with van der Waals surface area (Å²) >= 11 is 0. The van der Waals surface area contributed by atoms with Gasteiger partial charge in [-0.3, -0.25) is 9.56 Å². The zero-order valence-corrected chi connectivity index (χ0v) is 8.81. The second-order valence-electron chi connectivity index (χ2n) is 2.95. The van der Waals surface area contributed by atoms with E-state index in [1.807, 2.05) is 0 Å². The van der Waals surface area contributed by atoms with E-state index in [4.69, 9.17) is 14.2 Å². The normalized spacial score (nSPS) is 14.9. The third-order valence-corrected chi connectivity index (χ3v) is 2.77. The van der Waals surface area contributed by atoms with Crippen LogP contribution < -0.4 is 0 Å². The molecule has 0 bridgehead atoms. The van der Waals surface area contributed by atoms with Crippen molar-refractivity contribution in [2.75, 3.05) is 0 Å². The Balaban J connectivity index is 2.70. The molecule has 0 aliphatic heterocycles. The lowest BCUT2D eigenvalue weighted by Crippen LogP contribution is -1.99. The van der Waals surface area contributed by atoms with Crippen LogP contribution in [0.5, 0.6) is 0 Å². The Labute approximate surface area is 81.6 Å². The Hall–Kier alpha value is -0.900. The zero-order chi connectivity index (χ0) is 10.8. The molecule has 0 amide bonds. The van der Waals surface area contributed by atoms with Gasteiger partial charge in [0.15, 0.2) is 0 Å². The molecule has 0 saturated heterocycles. The van der Waals surface area contributed by atoms with Crippen molar-refractivity contribution >= 4 is 13.8 Å². The minimum atomic E-state index is -4.13. The predicted molar refractivity (Wildman–Crippen MR) is 52.5 cm³/mol. The van der Waals surface area contributed by atoms with Crippen LogP contribution in [-0.4, -0.2) is 21.8 Å². The van der Waals surface area contributed by atoms with E-state index < -0.39 is 13.4 Å². The van der Waals surface area contributed by atoms with Gasteiger partial charge in [0.05, 0.1) is 6.21 Å². The second kappa shape index (κ2) is 4.09.